The molecule has 0 bridgehead atoms. The molecule has 1 aromatic heterocycles. The molecule has 0 saturated carbocycles. The number of rotatable bonds is 3. The SMILES string of the molecule is Cc1ccc(NP2(=S)/C(=C3\N(C)c4ccccc4C3(C)C)C=Nc3c2c(C)nn3-c2ccccc2)c(C)c1. The maximum Gasteiger partial charge on any atom is 0.166 e. The van der Waals surface area contributed by atoms with Crippen molar-refractivity contribution < 1.29 is 0 Å². The standard InChI is InChI=1S/C31H32N5PS/c1-20-16-17-25(21(2)18-20)34-37(38)27(29-31(4,5)24-14-10-11-15-26(24)35(29)6)19-32-30-28(37)22(3)33-36(30)23-12-8-7-9-13-23/h7-19H,1-6H3,(H,34,38)/b29-27-. The number of nitrogens with zero attached hydrogens (tertiary/aromatic N) is 4. The molecule has 0 spiro atoms. The van der Waals surface area contributed by atoms with Gasteiger partial charge in [-0.15, -0.1) is 0 Å². The van der Waals surface area contributed by atoms with Crippen LogP contribution in [0.25, 0.3) is 5.69 Å². The van der Waals surface area contributed by atoms with Gasteiger partial charge in [0.1, 0.15) is 0 Å². The number of hydrogen-bond donors (Lipinski definition) is 1. The molecule has 1 N–H and O–H groups in total. The van der Waals surface area contributed by atoms with E-state index >= 15 is 0 Å². The van der Waals surface area contributed by atoms with Crippen LogP contribution >= 0.6 is 6.19 Å². The average Bonchev–Trinajstić information content (AvgIpc) is 3.34. The molecule has 5 nitrogen and oxygen atoms in total. The summed E-state index contributed by atoms with van der Waals surface area (Å²) in [6.45, 7) is 10.9. The maximum atomic E-state index is 6.83. The van der Waals surface area contributed by atoms with E-state index in [2.05, 4.69) is 106 Å². The van der Waals surface area contributed by atoms with Gasteiger partial charge in [-0.05, 0) is 56.2 Å². The van der Waals surface area contributed by atoms with E-state index in [0.717, 1.165) is 33.5 Å². The van der Waals surface area contributed by atoms with E-state index in [4.69, 9.17) is 21.9 Å². The Morgan fingerprint density at radius 2 is 1.63 bits per heavy atom. The molecule has 6 rings (SSSR count). The van der Waals surface area contributed by atoms with E-state index in [9.17, 15) is 0 Å². The molecule has 0 fully saturated rings. The lowest BCUT2D eigenvalue weighted by atomic mass is 9.84. The van der Waals surface area contributed by atoms with E-state index in [1.807, 2.05) is 29.1 Å². The minimum Gasteiger partial charge on any atom is -0.350 e. The van der Waals surface area contributed by atoms with Crippen molar-refractivity contribution in [3.05, 3.63) is 106 Å². The van der Waals surface area contributed by atoms with Crippen LogP contribution in [0.15, 0.2) is 88.8 Å². The van der Waals surface area contributed by atoms with E-state index in [-0.39, 0.29) is 5.41 Å². The molecule has 0 saturated heterocycles. The predicted molar refractivity (Wildman–Crippen MR) is 165 cm³/mol. The topological polar surface area (TPSA) is 45.4 Å². The summed E-state index contributed by atoms with van der Waals surface area (Å²) >= 11 is 6.83. The molecule has 4 aromatic rings. The second kappa shape index (κ2) is 8.79. The number of fused-ring (bicyclic) bond motifs is 2. The highest BCUT2D eigenvalue weighted by Crippen LogP contribution is 2.62. The Labute approximate surface area is 230 Å². The fourth-order valence-electron chi connectivity index (χ4n) is 5.95. The van der Waals surface area contributed by atoms with Gasteiger partial charge in [0.15, 0.2) is 5.82 Å². The Morgan fingerprint density at radius 1 is 0.921 bits per heavy atom. The number of anilines is 2. The molecule has 7 heteroatoms. The van der Waals surface area contributed by atoms with Crippen molar-refractivity contribution in [3.63, 3.8) is 0 Å². The highest BCUT2D eigenvalue weighted by Gasteiger charge is 2.45. The van der Waals surface area contributed by atoms with E-state index < -0.39 is 6.19 Å². The van der Waals surface area contributed by atoms with Crippen molar-refractivity contribution in [3.8, 4) is 5.69 Å². The van der Waals surface area contributed by atoms with Crippen LogP contribution in [-0.2, 0) is 17.2 Å². The first-order valence-corrected chi connectivity index (χ1v) is 15.7. The Hall–Kier alpha value is -3.47. The number of aromatic nitrogens is 2. The molecule has 3 heterocycles. The first-order chi connectivity index (χ1) is 18.1. The maximum absolute atomic E-state index is 6.83. The molecule has 0 amide bonds. The Morgan fingerprint density at radius 3 is 2.34 bits per heavy atom. The van der Waals surface area contributed by atoms with E-state index in [1.165, 1.54) is 28.1 Å². The minimum absolute atomic E-state index is 0.235. The van der Waals surface area contributed by atoms with Crippen LogP contribution in [0.3, 0.4) is 0 Å². The highest BCUT2D eigenvalue weighted by molar-refractivity contribution is 8.21. The van der Waals surface area contributed by atoms with Crippen LogP contribution in [0.5, 0.6) is 0 Å². The second-order valence-corrected chi connectivity index (χ2v) is 14.8. The molecule has 0 aliphatic carbocycles. The van der Waals surface area contributed by atoms with Gasteiger partial charge in [-0.1, -0.05) is 79.7 Å². The number of para-hydroxylation sites is 2. The van der Waals surface area contributed by atoms with Crippen LogP contribution in [0, 0.1) is 20.8 Å². The number of aliphatic imine (C=N–C) groups is 1. The molecule has 2 aliphatic heterocycles. The molecule has 3 aromatic carbocycles. The van der Waals surface area contributed by atoms with Crippen molar-refractivity contribution in [2.75, 3.05) is 17.0 Å². The largest absolute Gasteiger partial charge is 0.350 e. The van der Waals surface area contributed by atoms with Gasteiger partial charge in [-0.25, -0.2) is 9.67 Å². The second-order valence-electron chi connectivity index (χ2n) is 10.7. The lowest BCUT2D eigenvalue weighted by Crippen LogP contribution is -2.29. The zero-order valence-electron chi connectivity index (χ0n) is 22.6. The summed E-state index contributed by atoms with van der Waals surface area (Å²) in [5.74, 6) is 0.814. The van der Waals surface area contributed by atoms with Crippen LogP contribution < -0.4 is 15.3 Å². The van der Waals surface area contributed by atoms with Crippen LogP contribution in [0.1, 0.15) is 36.2 Å². The third-order valence-corrected chi connectivity index (χ3v) is 11.9. The monoisotopic (exact) mass is 537 g/mol. The van der Waals surface area contributed by atoms with Crippen molar-refractivity contribution in [1.82, 2.24) is 9.78 Å². The smallest absolute Gasteiger partial charge is 0.166 e. The summed E-state index contributed by atoms with van der Waals surface area (Å²) in [6.07, 6.45) is -0.607. The number of likely N-dealkylation sites (N-methyl/N-ethyl adjacent to an activating group) is 1. The fraction of sp³-hybridized carbons (Fsp3) is 0.226. The Kier molecular flexibility index (Phi) is 5.75. The van der Waals surface area contributed by atoms with Crippen LogP contribution in [0.2, 0.25) is 0 Å². The quantitative estimate of drug-likeness (QED) is 0.279. The zero-order chi connectivity index (χ0) is 26.8. The molecule has 2 aliphatic rings. The Bertz CT molecular complexity index is 1700. The molecule has 192 valence electrons. The molecule has 1 unspecified atom stereocenters. The van der Waals surface area contributed by atoms with Gasteiger partial charge in [0.25, 0.3) is 0 Å². The van der Waals surface area contributed by atoms with Gasteiger partial charge in [0, 0.05) is 41.1 Å². The van der Waals surface area contributed by atoms with Crippen molar-refractivity contribution in [2.45, 2.75) is 40.0 Å². The summed E-state index contributed by atoms with van der Waals surface area (Å²) in [5, 5.41) is 11.0. The van der Waals surface area contributed by atoms with Crippen LogP contribution in [-0.4, -0.2) is 23.0 Å². The first-order valence-electron chi connectivity index (χ1n) is 12.9. The lowest BCUT2D eigenvalue weighted by molar-refractivity contribution is 0.639. The van der Waals surface area contributed by atoms with Gasteiger partial charge >= 0.3 is 0 Å². The minimum atomic E-state index is -2.62. The van der Waals surface area contributed by atoms with Crippen molar-refractivity contribution in [1.29, 1.82) is 0 Å². The zero-order valence-corrected chi connectivity index (χ0v) is 24.4. The summed E-state index contributed by atoms with van der Waals surface area (Å²) in [4.78, 5) is 7.37. The van der Waals surface area contributed by atoms with E-state index in [0.29, 0.717) is 0 Å². The number of nitrogens with one attached hydrogen (secondary N) is 1. The average molecular weight is 538 g/mol. The predicted octanol–water partition coefficient (Wildman–Crippen LogP) is 7.28. The van der Waals surface area contributed by atoms with Crippen molar-refractivity contribution >= 4 is 46.7 Å². The summed E-state index contributed by atoms with van der Waals surface area (Å²) in [6, 6.07) is 25.3. The summed E-state index contributed by atoms with van der Waals surface area (Å²) in [5.41, 5.74) is 8.83. The summed E-state index contributed by atoms with van der Waals surface area (Å²) < 4.78 is 1.94. The normalized spacial score (nSPS) is 21.4. The molecule has 0 radical (unpaired) electrons. The van der Waals surface area contributed by atoms with Crippen molar-refractivity contribution in [2.24, 2.45) is 4.99 Å². The molecule has 1 atom stereocenters. The number of hydrogen-bond acceptors (Lipinski definition) is 4. The van der Waals surface area contributed by atoms with Gasteiger partial charge in [-0.3, -0.25) is 0 Å². The third-order valence-electron chi connectivity index (χ3n) is 7.74. The van der Waals surface area contributed by atoms with Gasteiger partial charge in [0.2, 0.25) is 0 Å². The molecular formula is C31H32N5PS. The number of allylic oxidation sites excluding steroid dienone is 2. The lowest BCUT2D eigenvalue weighted by Gasteiger charge is -2.35. The van der Waals surface area contributed by atoms with Crippen LogP contribution in [0.4, 0.5) is 17.2 Å². The van der Waals surface area contributed by atoms with Gasteiger partial charge in [0.05, 0.1) is 22.9 Å². The van der Waals surface area contributed by atoms with Gasteiger partial charge < -0.3 is 9.99 Å². The number of aryl methyl sites for hydroxylation is 3. The molecule has 38 heavy (non-hydrogen) atoms. The Balaban J connectivity index is 1.64. The molecular weight excluding hydrogens is 505 g/mol. The highest BCUT2D eigenvalue weighted by atomic mass is 32.4. The number of benzene rings is 3. The first kappa shape index (κ1) is 24.8. The van der Waals surface area contributed by atoms with E-state index in [1.54, 1.807) is 0 Å². The fourth-order valence-corrected chi connectivity index (χ4v) is 10.2. The van der Waals surface area contributed by atoms with Gasteiger partial charge in [-0.2, -0.15) is 5.10 Å². The summed E-state index contributed by atoms with van der Waals surface area (Å²) in [7, 11) is 2.15. The third kappa shape index (κ3) is 3.62.